The van der Waals surface area contributed by atoms with E-state index in [9.17, 15) is 12.3 Å². The van der Waals surface area contributed by atoms with Crippen molar-refractivity contribution in [2.45, 2.75) is 5.75 Å². The molecular weight excluding hydrogens is 159 g/mol. The smallest absolute Gasteiger partial charge is 0.308 e. The molecule has 1 rings (SSSR count). The molecule has 0 fully saturated rings. The Bertz CT molecular complexity index is 291. The average molecular weight is 164 g/mol. The molecule has 1 N–H and O–H groups in total. The Balaban J connectivity index is 2.75. The second-order valence-corrected chi connectivity index (χ2v) is 3.13. The van der Waals surface area contributed by atoms with Gasteiger partial charge in [0, 0.05) is 6.20 Å². The number of aromatic nitrogens is 2. The van der Waals surface area contributed by atoms with Crippen LogP contribution in [0.1, 0.15) is 5.69 Å². The van der Waals surface area contributed by atoms with Crippen LogP contribution < -0.4 is 0 Å². The highest BCUT2D eigenvalue weighted by atomic mass is 32.3. The predicted molar refractivity (Wildman–Crippen MR) is 32.3 cm³/mol. The second kappa shape index (κ2) is 2.37. The van der Waals surface area contributed by atoms with Crippen LogP contribution in [0.5, 0.6) is 0 Å². The molecule has 1 heterocycles. The summed E-state index contributed by atoms with van der Waals surface area (Å²) in [4.78, 5) is 5.98. The van der Waals surface area contributed by atoms with Crippen molar-refractivity contribution in [3.63, 3.8) is 0 Å². The van der Waals surface area contributed by atoms with E-state index < -0.39 is 16.0 Å². The van der Waals surface area contributed by atoms with Gasteiger partial charge in [0.2, 0.25) is 0 Å². The minimum absolute atomic E-state index is 0.252. The Kier molecular flexibility index (Phi) is 1.71. The van der Waals surface area contributed by atoms with Crippen molar-refractivity contribution in [1.82, 2.24) is 9.97 Å². The van der Waals surface area contributed by atoms with E-state index >= 15 is 0 Å². The zero-order valence-corrected chi connectivity index (χ0v) is 5.73. The van der Waals surface area contributed by atoms with E-state index in [1.165, 1.54) is 12.5 Å². The Labute approximate surface area is 57.3 Å². The Hall–Kier alpha value is -0.910. The van der Waals surface area contributed by atoms with Crippen molar-refractivity contribution in [2.24, 2.45) is 0 Å². The molecule has 0 aliphatic carbocycles. The summed E-state index contributed by atoms with van der Waals surface area (Å²) in [6, 6.07) is 0. The maximum absolute atomic E-state index is 11.9. The van der Waals surface area contributed by atoms with Gasteiger partial charge in [-0.15, -0.1) is 3.89 Å². The van der Waals surface area contributed by atoms with Crippen molar-refractivity contribution in [3.8, 4) is 0 Å². The van der Waals surface area contributed by atoms with E-state index in [1.54, 1.807) is 0 Å². The standard InChI is InChI=1S/C4H5FN2O2S/c5-10(8,9)2-4-1-6-3-7-4/h1,3H,2H2,(H,6,7). The SMILES string of the molecule is O=S(=O)(F)Cc1cnc[nH]1. The highest BCUT2D eigenvalue weighted by Gasteiger charge is 2.08. The molecule has 0 aliphatic heterocycles. The van der Waals surface area contributed by atoms with Gasteiger partial charge in [0.05, 0.1) is 12.0 Å². The lowest BCUT2D eigenvalue weighted by molar-refractivity contribution is 0.550. The number of rotatable bonds is 2. The monoisotopic (exact) mass is 164 g/mol. The number of nitrogens with zero attached hydrogens (tertiary/aromatic N) is 1. The van der Waals surface area contributed by atoms with Crippen molar-refractivity contribution in [2.75, 3.05) is 0 Å². The van der Waals surface area contributed by atoms with Crippen molar-refractivity contribution < 1.29 is 12.3 Å². The fourth-order valence-electron chi connectivity index (χ4n) is 0.549. The molecule has 0 spiro atoms. The minimum atomic E-state index is -4.42. The lowest BCUT2D eigenvalue weighted by atomic mass is 10.6. The van der Waals surface area contributed by atoms with E-state index in [1.807, 2.05) is 0 Å². The molecule has 0 unspecified atom stereocenters. The molecular formula is C4H5FN2O2S. The number of H-pyrrole nitrogens is 1. The van der Waals surface area contributed by atoms with Crippen molar-refractivity contribution in [1.29, 1.82) is 0 Å². The Morgan fingerprint density at radius 1 is 1.70 bits per heavy atom. The maximum Gasteiger partial charge on any atom is 0.308 e. The molecule has 10 heavy (non-hydrogen) atoms. The van der Waals surface area contributed by atoms with Gasteiger partial charge >= 0.3 is 10.2 Å². The Morgan fingerprint density at radius 2 is 2.40 bits per heavy atom. The minimum Gasteiger partial charge on any atom is -0.348 e. The Morgan fingerprint density at radius 3 is 2.80 bits per heavy atom. The summed E-state index contributed by atoms with van der Waals surface area (Å²) in [6.07, 6.45) is 2.55. The molecule has 1 aromatic heterocycles. The second-order valence-electron chi connectivity index (χ2n) is 1.76. The molecule has 4 nitrogen and oxygen atoms in total. The first-order valence-corrected chi connectivity index (χ1v) is 4.03. The van der Waals surface area contributed by atoms with Gasteiger partial charge in [0.15, 0.2) is 0 Å². The molecule has 0 aromatic carbocycles. The molecule has 0 saturated carbocycles. The van der Waals surface area contributed by atoms with Crippen molar-refractivity contribution >= 4 is 10.2 Å². The zero-order valence-electron chi connectivity index (χ0n) is 4.91. The van der Waals surface area contributed by atoms with Crippen LogP contribution in [-0.4, -0.2) is 18.4 Å². The van der Waals surface area contributed by atoms with Gasteiger partial charge in [-0.25, -0.2) is 4.98 Å². The van der Waals surface area contributed by atoms with Gasteiger partial charge < -0.3 is 4.98 Å². The largest absolute Gasteiger partial charge is 0.348 e. The molecule has 0 amide bonds. The zero-order chi connectivity index (χ0) is 7.61. The van der Waals surface area contributed by atoms with Gasteiger partial charge in [-0.2, -0.15) is 8.42 Å². The van der Waals surface area contributed by atoms with Crippen LogP contribution in [0, 0.1) is 0 Å². The predicted octanol–water partition coefficient (Wildman–Crippen LogP) is 0.209. The number of nitrogens with one attached hydrogen (secondary N) is 1. The summed E-state index contributed by atoms with van der Waals surface area (Å²) in [5.74, 6) is -0.632. The molecule has 56 valence electrons. The van der Waals surface area contributed by atoms with Crippen LogP contribution in [0.15, 0.2) is 12.5 Å². The average Bonchev–Trinajstić information content (AvgIpc) is 2.12. The summed E-state index contributed by atoms with van der Waals surface area (Å²) in [7, 11) is -4.42. The van der Waals surface area contributed by atoms with Gasteiger partial charge in [-0.3, -0.25) is 0 Å². The molecule has 0 bridgehead atoms. The van der Waals surface area contributed by atoms with E-state index in [-0.39, 0.29) is 5.69 Å². The van der Waals surface area contributed by atoms with Gasteiger partial charge in [-0.05, 0) is 0 Å². The fraction of sp³-hybridized carbons (Fsp3) is 0.250. The van der Waals surface area contributed by atoms with E-state index in [0.717, 1.165) is 0 Å². The van der Waals surface area contributed by atoms with Crippen LogP contribution in [0.25, 0.3) is 0 Å². The van der Waals surface area contributed by atoms with Crippen LogP contribution in [0.3, 0.4) is 0 Å². The molecule has 0 atom stereocenters. The lowest BCUT2D eigenvalue weighted by Crippen LogP contribution is -1.95. The van der Waals surface area contributed by atoms with Crippen LogP contribution in [0.4, 0.5) is 3.89 Å². The third-order valence-corrected chi connectivity index (χ3v) is 1.54. The van der Waals surface area contributed by atoms with Gasteiger partial charge in [0.1, 0.15) is 5.75 Å². The van der Waals surface area contributed by atoms with E-state index in [0.29, 0.717) is 0 Å². The summed E-state index contributed by atoms with van der Waals surface area (Å²) in [6.45, 7) is 0. The first-order chi connectivity index (χ1) is 4.58. The van der Waals surface area contributed by atoms with Crippen molar-refractivity contribution in [3.05, 3.63) is 18.2 Å². The number of aromatic amines is 1. The normalized spacial score (nSPS) is 11.7. The van der Waals surface area contributed by atoms with E-state index in [4.69, 9.17) is 0 Å². The lowest BCUT2D eigenvalue weighted by Gasteiger charge is -1.87. The van der Waals surface area contributed by atoms with Crippen LogP contribution >= 0.6 is 0 Å². The first-order valence-electron chi connectivity index (χ1n) is 2.47. The van der Waals surface area contributed by atoms with Crippen LogP contribution in [-0.2, 0) is 16.0 Å². The maximum atomic E-state index is 11.9. The van der Waals surface area contributed by atoms with E-state index in [2.05, 4.69) is 9.97 Å². The third kappa shape index (κ3) is 2.14. The topological polar surface area (TPSA) is 62.8 Å². The van der Waals surface area contributed by atoms with Crippen LogP contribution in [0.2, 0.25) is 0 Å². The molecule has 6 heteroatoms. The molecule has 0 radical (unpaired) electrons. The molecule has 1 aromatic rings. The fourth-order valence-corrected chi connectivity index (χ4v) is 1.08. The molecule has 0 aliphatic rings. The number of hydrogen-bond donors (Lipinski definition) is 1. The number of hydrogen-bond acceptors (Lipinski definition) is 3. The highest BCUT2D eigenvalue weighted by Crippen LogP contribution is 2.01. The molecule has 0 saturated heterocycles. The summed E-state index contributed by atoms with van der Waals surface area (Å²) in [5, 5.41) is 0. The van der Waals surface area contributed by atoms with Gasteiger partial charge in [-0.1, -0.05) is 0 Å². The quantitative estimate of drug-likeness (QED) is 0.635. The van der Waals surface area contributed by atoms with Gasteiger partial charge in [0.25, 0.3) is 0 Å². The highest BCUT2D eigenvalue weighted by molar-refractivity contribution is 7.85. The summed E-state index contributed by atoms with van der Waals surface area (Å²) >= 11 is 0. The third-order valence-electron chi connectivity index (χ3n) is 0.883. The summed E-state index contributed by atoms with van der Waals surface area (Å²) in [5.41, 5.74) is 0.252. The number of imidazole rings is 1. The first kappa shape index (κ1) is 7.20. The number of halogens is 1. The summed E-state index contributed by atoms with van der Waals surface area (Å²) < 4.78 is 31.8.